The molecule has 0 aromatic carbocycles. The van der Waals surface area contributed by atoms with Gasteiger partial charge in [0.1, 0.15) is 4.88 Å². The van der Waals surface area contributed by atoms with Gasteiger partial charge in [-0.1, -0.05) is 43.4 Å². The van der Waals surface area contributed by atoms with Crippen molar-refractivity contribution in [3.63, 3.8) is 0 Å². The first kappa shape index (κ1) is 13.3. The molecule has 0 spiro atoms. The number of hydrogen-bond donors (Lipinski definition) is 1. The molecular formula is C13H20N2O2S. The molecule has 0 aliphatic heterocycles. The molecule has 0 amide bonds. The molecule has 0 bridgehead atoms. The van der Waals surface area contributed by atoms with Crippen LogP contribution in [-0.4, -0.2) is 29.7 Å². The Bertz CT molecular complexity index is 399. The average molecular weight is 268 g/mol. The van der Waals surface area contributed by atoms with Crippen molar-refractivity contribution in [1.29, 1.82) is 0 Å². The Kier molecular flexibility index (Phi) is 4.58. The second kappa shape index (κ2) is 6.18. The van der Waals surface area contributed by atoms with Gasteiger partial charge in [0.05, 0.1) is 6.20 Å². The summed E-state index contributed by atoms with van der Waals surface area (Å²) in [4.78, 5) is 17.3. The van der Waals surface area contributed by atoms with E-state index < -0.39 is 5.97 Å². The fraction of sp³-hybridized carbons (Fsp3) is 0.692. The minimum absolute atomic E-state index is 0.314. The van der Waals surface area contributed by atoms with Crippen LogP contribution in [0.2, 0.25) is 0 Å². The third kappa shape index (κ3) is 3.45. The van der Waals surface area contributed by atoms with E-state index in [1.165, 1.54) is 56.1 Å². The Hall–Kier alpha value is -1.10. The highest BCUT2D eigenvalue weighted by Gasteiger charge is 2.16. The summed E-state index contributed by atoms with van der Waals surface area (Å²) in [6.45, 7) is 0.969. The van der Waals surface area contributed by atoms with E-state index in [9.17, 15) is 4.79 Å². The smallest absolute Gasteiger partial charge is 0.347 e. The van der Waals surface area contributed by atoms with Crippen LogP contribution in [0.3, 0.4) is 0 Å². The molecule has 18 heavy (non-hydrogen) atoms. The van der Waals surface area contributed by atoms with Gasteiger partial charge in [0.15, 0.2) is 5.13 Å². The number of aromatic nitrogens is 1. The highest BCUT2D eigenvalue weighted by molar-refractivity contribution is 7.17. The zero-order valence-electron chi connectivity index (χ0n) is 10.8. The normalized spacial score (nSPS) is 16.7. The summed E-state index contributed by atoms with van der Waals surface area (Å²) in [5, 5.41) is 9.67. The monoisotopic (exact) mass is 268 g/mol. The number of anilines is 1. The van der Waals surface area contributed by atoms with E-state index in [1.807, 2.05) is 7.05 Å². The summed E-state index contributed by atoms with van der Waals surface area (Å²) in [5.41, 5.74) is 0. The van der Waals surface area contributed by atoms with E-state index in [1.54, 1.807) is 0 Å². The lowest BCUT2D eigenvalue weighted by atomic mass is 9.87. The quantitative estimate of drug-likeness (QED) is 0.890. The molecule has 0 radical (unpaired) electrons. The van der Waals surface area contributed by atoms with Crippen molar-refractivity contribution < 1.29 is 9.90 Å². The van der Waals surface area contributed by atoms with Gasteiger partial charge >= 0.3 is 5.97 Å². The summed E-state index contributed by atoms with van der Waals surface area (Å²) in [6.07, 6.45) is 9.47. The molecule has 1 aliphatic rings. The second-order valence-electron chi connectivity index (χ2n) is 5.03. The molecule has 1 aromatic heterocycles. The molecule has 100 valence electrons. The summed E-state index contributed by atoms with van der Waals surface area (Å²) in [7, 11) is 1.99. The molecule has 1 aromatic rings. The standard InChI is InChI=1S/C13H20N2O2S/c1-15(8-7-10-5-3-2-4-6-10)13-14-9-11(18-13)12(16)17/h9-10H,2-8H2,1H3,(H,16,17). The third-order valence-electron chi connectivity index (χ3n) is 3.63. The Labute approximate surface area is 112 Å². The zero-order chi connectivity index (χ0) is 13.0. The average Bonchev–Trinajstić information content (AvgIpc) is 2.87. The number of carbonyl (C=O) groups is 1. The largest absolute Gasteiger partial charge is 0.477 e. The number of aromatic carboxylic acids is 1. The molecule has 1 fully saturated rings. The first-order chi connectivity index (χ1) is 8.66. The first-order valence-electron chi connectivity index (χ1n) is 6.57. The number of carboxylic acid groups (broad SMARTS) is 1. The van der Waals surface area contributed by atoms with E-state index in [-0.39, 0.29) is 0 Å². The molecule has 4 nitrogen and oxygen atoms in total. The van der Waals surface area contributed by atoms with Gasteiger partial charge in [-0.2, -0.15) is 0 Å². The van der Waals surface area contributed by atoms with Crippen LogP contribution in [-0.2, 0) is 0 Å². The predicted molar refractivity (Wildman–Crippen MR) is 73.5 cm³/mol. The fourth-order valence-corrected chi connectivity index (χ4v) is 3.23. The molecule has 1 heterocycles. The van der Waals surface area contributed by atoms with Crippen molar-refractivity contribution in [3.05, 3.63) is 11.1 Å². The van der Waals surface area contributed by atoms with Crippen molar-refractivity contribution >= 4 is 22.4 Å². The van der Waals surface area contributed by atoms with Crippen molar-refractivity contribution in [3.8, 4) is 0 Å². The van der Waals surface area contributed by atoms with E-state index in [4.69, 9.17) is 5.11 Å². The van der Waals surface area contributed by atoms with Crippen molar-refractivity contribution in [2.24, 2.45) is 5.92 Å². The Morgan fingerprint density at radius 3 is 2.83 bits per heavy atom. The molecular weight excluding hydrogens is 248 g/mol. The van der Waals surface area contributed by atoms with E-state index in [0.717, 1.165) is 17.6 Å². The van der Waals surface area contributed by atoms with Crippen LogP contribution < -0.4 is 4.90 Å². The number of hydrogen-bond acceptors (Lipinski definition) is 4. The van der Waals surface area contributed by atoms with Crippen molar-refractivity contribution in [1.82, 2.24) is 4.98 Å². The zero-order valence-corrected chi connectivity index (χ0v) is 11.6. The van der Waals surface area contributed by atoms with Crippen LogP contribution in [0.15, 0.2) is 6.20 Å². The van der Waals surface area contributed by atoms with Gasteiger partial charge in [-0.3, -0.25) is 0 Å². The van der Waals surface area contributed by atoms with Crippen molar-refractivity contribution in [2.75, 3.05) is 18.5 Å². The predicted octanol–water partition coefficient (Wildman–Crippen LogP) is 3.25. The van der Waals surface area contributed by atoms with Crippen LogP contribution in [0.25, 0.3) is 0 Å². The van der Waals surface area contributed by atoms with Crippen molar-refractivity contribution in [2.45, 2.75) is 38.5 Å². The second-order valence-corrected chi connectivity index (χ2v) is 6.04. The van der Waals surface area contributed by atoms with Gasteiger partial charge in [-0.05, 0) is 12.3 Å². The molecule has 5 heteroatoms. The minimum atomic E-state index is -0.889. The Morgan fingerprint density at radius 2 is 2.22 bits per heavy atom. The third-order valence-corrected chi connectivity index (χ3v) is 4.73. The number of rotatable bonds is 5. The van der Waals surface area contributed by atoms with Crippen LogP contribution >= 0.6 is 11.3 Å². The first-order valence-corrected chi connectivity index (χ1v) is 7.38. The molecule has 0 atom stereocenters. The molecule has 1 saturated carbocycles. The number of carboxylic acids is 1. The van der Waals surface area contributed by atoms with Crippen LogP contribution in [0.4, 0.5) is 5.13 Å². The maximum atomic E-state index is 10.8. The maximum absolute atomic E-state index is 10.8. The lowest BCUT2D eigenvalue weighted by molar-refractivity contribution is 0.0702. The Morgan fingerprint density at radius 1 is 1.50 bits per heavy atom. The molecule has 0 saturated heterocycles. The van der Waals surface area contributed by atoms with Gasteiger partial charge in [0.2, 0.25) is 0 Å². The lowest BCUT2D eigenvalue weighted by Gasteiger charge is -2.24. The van der Waals surface area contributed by atoms with E-state index >= 15 is 0 Å². The molecule has 1 N–H and O–H groups in total. The van der Waals surface area contributed by atoms with Gasteiger partial charge in [0, 0.05) is 13.6 Å². The summed E-state index contributed by atoms with van der Waals surface area (Å²) >= 11 is 1.25. The van der Waals surface area contributed by atoms with E-state index in [2.05, 4.69) is 9.88 Å². The highest BCUT2D eigenvalue weighted by Crippen LogP contribution is 2.28. The lowest BCUT2D eigenvalue weighted by Crippen LogP contribution is -2.21. The number of thiazole rings is 1. The van der Waals surface area contributed by atoms with E-state index in [0.29, 0.717) is 4.88 Å². The highest BCUT2D eigenvalue weighted by atomic mass is 32.1. The summed E-state index contributed by atoms with van der Waals surface area (Å²) in [6, 6.07) is 0. The van der Waals surface area contributed by atoms with Gasteiger partial charge in [0.25, 0.3) is 0 Å². The van der Waals surface area contributed by atoms with Gasteiger partial charge < -0.3 is 10.0 Å². The molecule has 0 unspecified atom stereocenters. The van der Waals surface area contributed by atoms with Gasteiger partial charge in [-0.15, -0.1) is 0 Å². The summed E-state index contributed by atoms with van der Waals surface area (Å²) < 4.78 is 0. The van der Waals surface area contributed by atoms with Crippen LogP contribution in [0, 0.1) is 5.92 Å². The molecule has 2 rings (SSSR count). The summed E-state index contributed by atoms with van der Waals surface area (Å²) in [5.74, 6) is -0.0421. The number of nitrogens with zero attached hydrogens (tertiary/aromatic N) is 2. The van der Waals surface area contributed by atoms with Gasteiger partial charge in [-0.25, -0.2) is 9.78 Å². The topological polar surface area (TPSA) is 53.4 Å². The Balaban J connectivity index is 1.82. The van der Waals surface area contributed by atoms with Crippen LogP contribution in [0.1, 0.15) is 48.2 Å². The maximum Gasteiger partial charge on any atom is 0.347 e. The fourth-order valence-electron chi connectivity index (χ4n) is 2.49. The van der Waals surface area contributed by atoms with Crippen LogP contribution in [0.5, 0.6) is 0 Å². The SMILES string of the molecule is CN(CCC1CCCCC1)c1ncc(C(=O)O)s1. The minimum Gasteiger partial charge on any atom is -0.477 e. The molecule has 1 aliphatic carbocycles.